The van der Waals surface area contributed by atoms with E-state index in [2.05, 4.69) is 15.7 Å². The average molecular weight is 418 g/mol. The maximum Gasteiger partial charge on any atom is 0.351 e. The lowest BCUT2D eigenvalue weighted by Gasteiger charge is -2.22. The molecule has 1 fully saturated rings. The zero-order chi connectivity index (χ0) is 19.3. The summed E-state index contributed by atoms with van der Waals surface area (Å²) in [6.45, 7) is 1.94. The van der Waals surface area contributed by atoms with Crippen LogP contribution < -0.4 is 16.3 Å². The summed E-state index contributed by atoms with van der Waals surface area (Å²) in [4.78, 5) is 25.4. The molecule has 0 spiro atoms. The van der Waals surface area contributed by atoms with E-state index in [1.807, 2.05) is 30.3 Å². The van der Waals surface area contributed by atoms with Gasteiger partial charge in [-0.25, -0.2) is 14.0 Å². The van der Waals surface area contributed by atoms with Gasteiger partial charge in [0.15, 0.2) is 0 Å². The summed E-state index contributed by atoms with van der Waals surface area (Å²) >= 11 is 0. The third-order valence-corrected chi connectivity index (χ3v) is 4.92. The van der Waals surface area contributed by atoms with Crippen LogP contribution in [0.2, 0.25) is 0 Å². The van der Waals surface area contributed by atoms with Gasteiger partial charge in [0, 0.05) is 5.92 Å². The van der Waals surface area contributed by atoms with Gasteiger partial charge >= 0.3 is 5.69 Å². The molecule has 1 saturated heterocycles. The lowest BCUT2D eigenvalue weighted by atomic mass is 9.97. The van der Waals surface area contributed by atoms with Crippen LogP contribution in [0.4, 0.5) is 0 Å². The number of furan rings is 1. The van der Waals surface area contributed by atoms with E-state index in [1.165, 1.54) is 4.68 Å². The highest BCUT2D eigenvalue weighted by atomic mass is 35.5. The predicted octanol–water partition coefficient (Wildman–Crippen LogP) is 1.83. The number of para-hydroxylation sites is 1. The van der Waals surface area contributed by atoms with Crippen LogP contribution in [-0.2, 0) is 17.9 Å². The number of rotatable bonds is 6. The molecule has 0 radical (unpaired) electrons. The van der Waals surface area contributed by atoms with Gasteiger partial charge in [-0.15, -0.1) is 12.4 Å². The highest BCUT2D eigenvalue weighted by Crippen LogP contribution is 2.24. The van der Waals surface area contributed by atoms with Crippen molar-refractivity contribution in [3.63, 3.8) is 0 Å². The molecule has 0 unspecified atom stereocenters. The molecule has 1 aliphatic heterocycles. The second-order valence-electron chi connectivity index (χ2n) is 6.85. The van der Waals surface area contributed by atoms with Crippen LogP contribution in [0.15, 0.2) is 57.9 Å². The zero-order valence-electron chi connectivity index (χ0n) is 15.9. The molecule has 3 heterocycles. The lowest BCUT2D eigenvalue weighted by Crippen LogP contribution is -2.33. The number of halogens is 1. The van der Waals surface area contributed by atoms with Gasteiger partial charge in [-0.2, -0.15) is 5.10 Å². The van der Waals surface area contributed by atoms with Crippen molar-refractivity contribution in [3.8, 4) is 5.69 Å². The zero-order valence-corrected chi connectivity index (χ0v) is 16.7. The molecule has 9 heteroatoms. The van der Waals surface area contributed by atoms with Gasteiger partial charge < -0.3 is 15.1 Å². The van der Waals surface area contributed by atoms with Crippen molar-refractivity contribution in [3.05, 3.63) is 70.8 Å². The normalized spacial score (nSPS) is 14.3. The fourth-order valence-corrected chi connectivity index (χ4v) is 3.48. The molecular formula is C20H24ClN5O3. The van der Waals surface area contributed by atoms with Crippen LogP contribution in [0, 0.1) is 0 Å². The van der Waals surface area contributed by atoms with E-state index in [0.717, 1.165) is 37.4 Å². The summed E-state index contributed by atoms with van der Waals surface area (Å²) in [6.07, 6.45) is 3.38. The molecule has 0 bridgehead atoms. The number of benzene rings is 1. The molecule has 1 aromatic carbocycles. The van der Waals surface area contributed by atoms with E-state index in [4.69, 9.17) is 4.42 Å². The lowest BCUT2D eigenvalue weighted by molar-refractivity contribution is -0.122. The van der Waals surface area contributed by atoms with Gasteiger partial charge in [0.25, 0.3) is 0 Å². The Bertz CT molecular complexity index is 975. The van der Waals surface area contributed by atoms with Crippen molar-refractivity contribution in [2.45, 2.75) is 31.8 Å². The topological polar surface area (TPSA) is 94.1 Å². The predicted molar refractivity (Wildman–Crippen MR) is 110 cm³/mol. The monoisotopic (exact) mass is 417 g/mol. The van der Waals surface area contributed by atoms with Crippen LogP contribution >= 0.6 is 12.4 Å². The van der Waals surface area contributed by atoms with Crippen LogP contribution in [0.25, 0.3) is 5.69 Å². The molecule has 29 heavy (non-hydrogen) atoms. The Hall–Kier alpha value is -2.84. The van der Waals surface area contributed by atoms with Crippen LogP contribution in [0.5, 0.6) is 0 Å². The molecule has 4 rings (SSSR count). The minimum absolute atomic E-state index is 0. The highest BCUT2D eigenvalue weighted by molar-refractivity contribution is 5.85. The van der Waals surface area contributed by atoms with E-state index in [1.54, 1.807) is 23.0 Å². The number of aromatic nitrogens is 3. The Morgan fingerprint density at radius 2 is 1.93 bits per heavy atom. The molecular weight excluding hydrogens is 394 g/mol. The van der Waals surface area contributed by atoms with Crippen molar-refractivity contribution in [1.29, 1.82) is 0 Å². The number of hydrogen-bond acceptors (Lipinski definition) is 5. The third-order valence-electron chi connectivity index (χ3n) is 4.92. The first-order valence-electron chi connectivity index (χ1n) is 9.47. The number of amides is 1. The van der Waals surface area contributed by atoms with Crippen molar-refractivity contribution in [1.82, 2.24) is 25.0 Å². The molecule has 2 N–H and O–H groups in total. The Labute approximate surface area is 174 Å². The second-order valence-corrected chi connectivity index (χ2v) is 6.85. The van der Waals surface area contributed by atoms with Crippen LogP contribution in [0.3, 0.4) is 0 Å². The molecule has 1 aliphatic rings. The quantitative estimate of drug-likeness (QED) is 0.638. The fraction of sp³-hybridized carbons (Fsp3) is 0.350. The maximum atomic E-state index is 13.1. The number of nitrogens with one attached hydrogen (secondary N) is 2. The summed E-state index contributed by atoms with van der Waals surface area (Å²) in [5.41, 5.74) is 0.469. The summed E-state index contributed by atoms with van der Waals surface area (Å²) in [5.74, 6) is 1.28. The van der Waals surface area contributed by atoms with Gasteiger partial charge in [-0.1, -0.05) is 18.2 Å². The Morgan fingerprint density at radius 3 is 2.62 bits per heavy atom. The number of piperidine rings is 1. The van der Waals surface area contributed by atoms with Gasteiger partial charge in [-0.3, -0.25) is 4.79 Å². The maximum absolute atomic E-state index is 13.1. The number of nitrogens with zero attached hydrogens (tertiary/aromatic N) is 3. The summed E-state index contributed by atoms with van der Waals surface area (Å²) in [6, 6.07) is 13.0. The Morgan fingerprint density at radius 1 is 1.17 bits per heavy atom. The van der Waals surface area contributed by atoms with Gasteiger partial charge in [0.05, 0.1) is 18.5 Å². The van der Waals surface area contributed by atoms with Crippen molar-refractivity contribution in [2.75, 3.05) is 13.1 Å². The molecule has 0 saturated carbocycles. The van der Waals surface area contributed by atoms with E-state index >= 15 is 0 Å². The van der Waals surface area contributed by atoms with Crippen LogP contribution in [-0.4, -0.2) is 33.3 Å². The first kappa shape index (κ1) is 20.9. The average Bonchev–Trinajstić information content (AvgIpc) is 3.36. The van der Waals surface area contributed by atoms with Crippen molar-refractivity contribution >= 4 is 18.3 Å². The smallest absolute Gasteiger partial charge is 0.351 e. The van der Waals surface area contributed by atoms with E-state index in [9.17, 15) is 9.59 Å². The molecule has 0 atom stereocenters. The van der Waals surface area contributed by atoms with Crippen LogP contribution in [0.1, 0.15) is 30.3 Å². The molecule has 154 valence electrons. The number of hydrogen-bond donors (Lipinski definition) is 2. The van der Waals surface area contributed by atoms with Gasteiger partial charge in [0.2, 0.25) is 5.91 Å². The third kappa shape index (κ3) is 4.78. The summed E-state index contributed by atoms with van der Waals surface area (Å²) in [7, 11) is 0. The first-order chi connectivity index (χ1) is 13.7. The van der Waals surface area contributed by atoms with Gasteiger partial charge in [-0.05, 0) is 50.2 Å². The van der Waals surface area contributed by atoms with Crippen molar-refractivity contribution in [2.24, 2.45) is 0 Å². The molecule has 2 aromatic heterocycles. The second kappa shape index (κ2) is 9.58. The fourth-order valence-electron chi connectivity index (χ4n) is 3.48. The molecule has 8 nitrogen and oxygen atoms in total. The highest BCUT2D eigenvalue weighted by Gasteiger charge is 2.25. The summed E-state index contributed by atoms with van der Waals surface area (Å²) < 4.78 is 8.10. The van der Waals surface area contributed by atoms with Gasteiger partial charge in [0.1, 0.15) is 18.1 Å². The SMILES string of the molecule is Cl.O=C(Cn1nc(C2CCNCC2)n(-c2ccccc2)c1=O)NCc1ccco1. The Balaban J connectivity index is 0.00000240. The minimum atomic E-state index is -0.298. The minimum Gasteiger partial charge on any atom is -0.467 e. The first-order valence-corrected chi connectivity index (χ1v) is 9.47. The summed E-state index contributed by atoms with van der Waals surface area (Å²) in [5, 5.41) is 10.6. The van der Waals surface area contributed by atoms with Crippen molar-refractivity contribution < 1.29 is 9.21 Å². The molecule has 0 aliphatic carbocycles. The number of carbonyl (C=O) groups excluding carboxylic acids is 1. The van der Waals surface area contributed by atoms with E-state index in [0.29, 0.717) is 5.76 Å². The largest absolute Gasteiger partial charge is 0.467 e. The number of carbonyl (C=O) groups is 1. The Kier molecular flexibility index (Phi) is 6.90. The van der Waals surface area contributed by atoms with E-state index in [-0.39, 0.29) is 43.0 Å². The standard InChI is InChI=1S/C20H23N5O3.ClH/c26-18(22-13-17-7-4-12-28-17)14-24-20(27)25(16-5-2-1-3-6-16)19(23-24)15-8-10-21-11-9-15;/h1-7,12,15,21H,8-11,13-14H2,(H,22,26);1H. The molecule has 1 amide bonds. The van der Waals surface area contributed by atoms with E-state index < -0.39 is 0 Å². The molecule has 3 aromatic rings.